The van der Waals surface area contributed by atoms with Crippen molar-refractivity contribution in [3.63, 3.8) is 0 Å². The molecule has 0 amide bonds. The minimum Gasteiger partial charge on any atom is -0.375 e. The Kier molecular flexibility index (Phi) is 3.48. The molecule has 2 aromatic heterocycles. The topological polar surface area (TPSA) is 77.8 Å². The lowest BCUT2D eigenvalue weighted by Gasteiger charge is -2.18. The van der Waals surface area contributed by atoms with Gasteiger partial charge in [-0.15, -0.1) is 0 Å². The standard InChI is InChI=1S/C16H18N4OS/c1-9-12(22-15(17)18-9)14-19-13(20-21-14)10-5-7-11(8-6-10)16(2,3)4/h5-8H,1-4H3,(H2,17,18). The summed E-state index contributed by atoms with van der Waals surface area (Å²) < 4.78 is 5.35. The number of aromatic nitrogens is 3. The number of aryl methyl sites for hydroxylation is 1. The van der Waals surface area contributed by atoms with Crippen molar-refractivity contribution in [3.05, 3.63) is 35.5 Å². The fourth-order valence-electron chi connectivity index (χ4n) is 2.17. The van der Waals surface area contributed by atoms with Crippen LogP contribution >= 0.6 is 11.3 Å². The number of hydrogen-bond donors (Lipinski definition) is 1. The lowest BCUT2D eigenvalue weighted by Crippen LogP contribution is -2.10. The normalized spacial score (nSPS) is 11.8. The third kappa shape index (κ3) is 2.74. The highest BCUT2D eigenvalue weighted by atomic mass is 32.1. The zero-order valence-corrected chi connectivity index (χ0v) is 13.9. The molecule has 0 aliphatic rings. The molecular weight excluding hydrogens is 296 g/mol. The van der Waals surface area contributed by atoms with E-state index in [0.717, 1.165) is 16.1 Å². The van der Waals surface area contributed by atoms with Gasteiger partial charge >= 0.3 is 0 Å². The second kappa shape index (κ2) is 5.21. The molecule has 0 spiro atoms. The molecule has 2 N–H and O–H groups in total. The van der Waals surface area contributed by atoms with E-state index in [1.807, 2.05) is 19.1 Å². The summed E-state index contributed by atoms with van der Waals surface area (Å²) in [6, 6.07) is 8.23. The third-order valence-corrected chi connectivity index (χ3v) is 4.42. The highest BCUT2D eigenvalue weighted by Crippen LogP contribution is 2.31. The van der Waals surface area contributed by atoms with E-state index in [1.165, 1.54) is 16.9 Å². The van der Waals surface area contributed by atoms with Gasteiger partial charge in [0.05, 0.1) is 5.69 Å². The summed E-state index contributed by atoms with van der Waals surface area (Å²) in [4.78, 5) is 9.45. The van der Waals surface area contributed by atoms with E-state index in [9.17, 15) is 0 Å². The summed E-state index contributed by atoms with van der Waals surface area (Å²) in [7, 11) is 0. The molecule has 5 nitrogen and oxygen atoms in total. The average molecular weight is 314 g/mol. The number of nitrogen functional groups attached to an aromatic ring is 1. The minimum absolute atomic E-state index is 0.123. The Morgan fingerprint density at radius 1 is 1.09 bits per heavy atom. The predicted molar refractivity (Wildman–Crippen MR) is 88.7 cm³/mol. The summed E-state index contributed by atoms with van der Waals surface area (Å²) in [5.41, 5.74) is 8.84. The number of rotatable bonds is 2. The van der Waals surface area contributed by atoms with E-state index in [0.29, 0.717) is 16.8 Å². The van der Waals surface area contributed by atoms with Gasteiger partial charge in [0.2, 0.25) is 5.82 Å². The van der Waals surface area contributed by atoms with Crippen LogP contribution < -0.4 is 5.73 Å². The van der Waals surface area contributed by atoms with Gasteiger partial charge in [0, 0.05) is 5.56 Å². The Labute approximate surface area is 133 Å². The molecule has 0 aliphatic carbocycles. The highest BCUT2D eigenvalue weighted by Gasteiger charge is 2.17. The Morgan fingerprint density at radius 2 is 1.77 bits per heavy atom. The minimum atomic E-state index is 0.123. The van der Waals surface area contributed by atoms with E-state index >= 15 is 0 Å². The molecule has 3 aromatic rings. The smallest absolute Gasteiger partial charge is 0.270 e. The van der Waals surface area contributed by atoms with Crippen LogP contribution in [0.25, 0.3) is 22.2 Å². The van der Waals surface area contributed by atoms with Gasteiger partial charge in [0.1, 0.15) is 4.88 Å². The number of nitrogens with zero attached hydrogens (tertiary/aromatic N) is 3. The molecule has 0 aliphatic heterocycles. The lowest BCUT2D eigenvalue weighted by molar-refractivity contribution is 0.433. The maximum Gasteiger partial charge on any atom is 0.270 e. The molecule has 114 valence electrons. The van der Waals surface area contributed by atoms with Crippen molar-refractivity contribution in [2.24, 2.45) is 0 Å². The monoisotopic (exact) mass is 314 g/mol. The summed E-state index contributed by atoms with van der Waals surface area (Å²) >= 11 is 1.35. The summed E-state index contributed by atoms with van der Waals surface area (Å²) in [5, 5.41) is 4.56. The molecule has 2 heterocycles. The van der Waals surface area contributed by atoms with Gasteiger partial charge < -0.3 is 10.3 Å². The first-order valence-corrected chi connectivity index (χ1v) is 7.84. The van der Waals surface area contributed by atoms with E-state index in [2.05, 4.69) is 48.0 Å². The Balaban J connectivity index is 1.92. The molecule has 0 bridgehead atoms. The van der Waals surface area contributed by atoms with Gasteiger partial charge in [0.25, 0.3) is 5.89 Å². The van der Waals surface area contributed by atoms with Crippen LogP contribution in [0.3, 0.4) is 0 Å². The van der Waals surface area contributed by atoms with Crippen LogP contribution in [0, 0.1) is 6.92 Å². The fraction of sp³-hybridized carbons (Fsp3) is 0.312. The number of benzene rings is 1. The first-order chi connectivity index (χ1) is 10.3. The highest BCUT2D eigenvalue weighted by molar-refractivity contribution is 7.18. The summed E-state index contributed by atoms with van der Waals surface area (Å²) in [5.74, 6) is 1.03. The van der Waals surface area contributed by atoms with Crippen molar-refractivity contribution < 1.29 is 4.52 Å². The van der Waals surface area contributed by atoms with Gasteiger partial charge in [-0.05, 0) is 17.9 Å². The fourth-order valence-corrected chi connectivity index (χ4v) is 2.92. The van der Waals surface area contributed by atoms with Crippen LogP contribution in [0.15, 0.2) is 28.8 Å². The van der Waals surface area contributed by atoms with Crippen molar-refractivity contribution in [1.29, 1.82) is 0 Å². The number of thiazole rings is 1. The summed E-state index contributed by atoms with van der Waals surface area (Å²) in [6.07, 6.45) is 0. The zero-order chi connectivity index (χ0) is 15.9. The van der Waals surface area contributed by atoms with Gasteiger partial charge in [-0.3, -0.25) is 0 Å². The molecular formula is C16H18N4OS. The number of hydrogen-bond acceptors (Lipinski definition) is 6. The van der Waals surface area contributed by atoms with Crippen molar-refractivity contribution in [1.82, 2.24) is 15.1 Å². The van der Waals surface area contributed by atoms with Crippen molar-refractivity contribution in [2.75, 3.05) is 5.73 Å². The number of nitrogens with two attached hydrogens (primary N) is 1. The molecule has 0 fully saturated rings. The van der Waals surface area contributed by atoms with Gasteiger partial charge in [-0.25, -0.2) is 4.98 Å². The molecule has 0 atom stereocenters. The first-order valence-electron chi connectivity index (χ1n) is 7.02. The Hall–Kier alpha value is -2.21. The summed E-state index contributed by atoms with van der Waals surface area (Å²) in [6.45, 7) is 8.44. The van der Waals surface area contributed by atoms with Crippen LogP contribution in [0.5, 0.6) is 0 Å². The third-order valence-electron chi connectivity index (χ3n) is 3.44. The van der Waals surface area contributed by atoms with Gasteiger partial charge in [-0.2, -0.15) is 4.98 Å². The maximum atomic E-state index is 5.71. The second-order valence-electron chi connectivity index (χ2n) is 6.22. The molecule has 0 unspecified atom stereocenters. The van der Waals surface area contributed by atoms with Crippen LogP contribution in [-0.2, 0) is 5.41 Å². The largest absolute Gasteiger partial charge is 0.375 e. The second-order valence-corrected chi connectivity index (χ2v) is 7.25. The predicted octanol–water partition coefficient (Wildman–Crippen LogP) is 4.05. The molecule has 22 heavy (non-hydrogen) atoms. The molecule has 6 heteroatoms. The maximum absolute atomic E-state index is 5.71. The SMILES string of the molecule is Cc1nc(N)sc1-c1nc(-c2ccc(C(C)(C)C)cc2)no1. The molecule has 0 saturated heterocycles. The van der Waals surface area contributed by atoms with E-state index in [4.69, 9.17) is 10.3 Å². The first kappa shape index (κ1) is 14.7. The average Bonchev–Trinajstić information content (AvgIpc) is 3.04. The van der Waals surface area contributed by atoms with Crippen LogP contribution in [0.1, 0.15) is 32.0 Å². The Morgan fingerprint density at radius 3 is 2.32 bits per heavy atom. The van der Waals surface area contributed by atoms with Gasteiger partial charge in [-0.1, -0.05) is 61.5 Å². The lowest BCUT2D eigenvalue weighted by atomic mass is 9.87. The van der Waals surface area contributed by atoms with E-state index in [1.54, 1.807) is 0 Å². The van der Waals surface area contributed by atoms with E-state index in [-0.39, 0.29) is 5.41 Å². The van der Waals surface area contributed by atoms with Crippen LogP contribution in [0.2, 0.25) is 0 Å². The number of anilines is 1. The van der Waals surface area contributed by atoms with Crippen molar-refractivity contribution in [2.45, 2.75) is 33.1 Å². The van der Waals surface area contributed by atoms with Crippen LogP contribution in [-0.4, -0.2) is 15.1 Å². The molecule has 0 radical (unpaired) electrons. The Bertz CT molecular complexity index is 796. The van der Waals surface area contributed by atoms with E-state index < -0.39 is 0 Å². The molecule has 1 aromatic carbocycles. The quantitative estimate of drug-likeness (QED) is 0.772. The molecule has 3 rings (SSSR count). The molecule has 0 saturated carbocycles. The van der Waals surface area contributed by atoms with Crippen molar-refractivity contribution >= 4 is 16.5 Å². The van der Waals surface area contributed by atoms with Gasteiger partial charge in [0.15, 0.2) is 5.13 Å². The van der Waals surface area contributed by atoms with Crippen LogP contribution in [0.4, 0.5) is 5.13 Å². The van der Waals surface area contributed by atoms with Crippen molar-refractivity contribution in [3.8, 4) is 22.2 Å². The zero-order valence-electron chi connectivity index (χ0n) is 13.0.